The number of carbonyl (C=O) groups is 3. The Morgan fingerprint density at radius 2 is 1.92 bits per heavy atom. The van der Waals surface area contributed by atoms with Crippen LogP contribution in [0.5, 0.6) is 0 Å². The molecule has 1 aromatic heterocycles. The van der Waals surface area contributed by atoms with Crippen LogP contribution >= 0.6 is 0 Å². The summed E-state index contributed by atoms with van der Waals surface area (Å²) in [6.45, 7) is 0.441. The molecule has 2 fully saturated rings. The highest BCUT2D eigenvalue weighted by atomic mass is 16.2. The Balaban J connectivity index is 1.48. The van der Waals surface area contributed by atoms with E-state index in [0.29, 0.717) is 30.6 Å². The maximum Gasteiger partial charge on any atom is 0.332 e. The largest absolute Gasteiger partial charge is 0.349 e. The van der Waals surface area contributed by atoms with Gasteiger partial charge in [0.15, 0.2) is 0 Å². The van der Waals surface area contributed by atoms with Gasteiger partial charge in [0.2, 0.25) is 0 Å². The van der Waals surface area contributed by atoms with Gasteiger partial charge in [-0.15, -0.1) is 0 Å². The first-order valence-electron chi connectivity index (χ1n) is 8.55. The molecular formula is C19H18N4O3. The second-order valence-corrected chi connectivity index (χ2v) is 6.44. The minimum absolute atomic E-state index is 0.156. The minimum Gasteiger partial charge on any atom is -0.349 e. The summed E-state index contributed by atoms with van der Waals surface area (Å²) in [7, 11) is 0. The number of urea groups is 1. The molecule has 2 aromatic rings. The molecule has 2 aliphatic rings. The van der Waals surface area contributed by atoms with Crippen molar-refractivity contribution in [3.05, 3.63) is 60.4 Å². The third-order valence-electron chi connectivity index (χ3n) is 4.82. The molecule has 0 bridgehead atoms. The number of nitrogens with one attached hydrogen (secondary N) is 1. The zero-order valence-electron chi connectivity index (χ0n) is 14.0. The normalized spacial score (nSPS) is 22.3. The Morgan fingerprint density at radius 1 is 1.12 bits per heavy atom. The van der Waals surface area contributed by atoms with Gasteiger partial charge in [-0.05, 0) is 37.1 Å². The maximum absolute atomic E-state index is 12.8. The molecule has 4 amide bonds. The van der Waals surface area contributed by atoms with E-state index in [4.69, 9.17) is 0 Å². The van der Waals surface area contributed by atoms with Crippen LogP contribution in [0.4, 0.5) is 10.5 Å². The minimum atomic E-state index is -0.532. The highest BCUT2D eigenvalue weighted by Crippen LogP contribution is 2.30. The van der Waals surface area contributed by atoms with Gasteiger partial charge in [0.25, 0.3) is 11.8 Å². The molecule has 1 aromatic carbocycles. The van der Waals surface area contributed by atoms with E-state index in [2.05, 4.69) is 10.3 Å². The number of para-hydroxylation sites is 1. The van der Waals surface area contributed by atoms with Crippen LogP contribution in [0.3, 0.4) is 0 Å². The van der Waals surface area contributed by atoms with Crippen molar-refractivity contribution in [2.24, 2.45) is 0 Å². The SMILES string of the molecule is O=C(NC1CCN2C(=O)N(c3ccccc3)C(=O)C2C1)c1cccnc1. The smallest absolute Gasteiger partial charge is 0.332 e. The summed E-state index contributed by atoms with van der Waals surface area (Å²) >= 11 is 0. The summed E-state index contributed by atoms with van der Waals surface area (Å²) in [5, 5.41) is 2.95. The number of imide groups is 1. The van der Waals surface area contributed by atoms with Crippen LogP contribution in [0.2, 0.25) is 0 Å². The Hall–Kier alpha value is -3.22. The van der Waals surface area contributed by atoms with Crippen LogP contribution < -0.4 is 10.2 Å². The fourth-order valence-electron chi connectivity index (χ4n) is 3.51. The van der Waals surface area contributed by atoms with E-state index in [1.165, 1.54) is 11.1 Å². The van der Waals surface area contributed by atoms with Gasteiger partial charge in [0.1, 0.15) is 6.04 Å². The third-order valence-corrected chi connectivity index (χ3v) is 4.82. The molecule has 26 heavy (non-hydrogen) atoms. The fourth-order valence-corrected chi connectivity index (χ4v) is 3.51. The lowest BCUT2D eigenvalue weighted by atomic mass is 9.97. The van der Waals surface area contributed by atoms with Crippen LogP contribution in [0, 0.1) is 0 Å². The molecule has 0 aliphatic carbocycles. The molecule has 7 heteroatoms. The van der Waals surface area contributed by atoms with Crippen molar-refractivity contribution in [1.29, 1.82) is 0 Å². The number of piperidine rings is 1. The van der Waals surface area contributed by atoms with Crippen molar-refractivity contribution < 1.29 is 14.4 Å². The Kier molecular flexibility index (Phi) is 4.12. The van der Waals surface area contributed by atoms with Gasteiger partial charge in [-0.25, -0.2) is 9.69 Å². The van der Waals surface area contributed by atoms with Crippen molar-refractivity contribution in [3.8, 4) is 0 Å². The van der Waals surface area contributed by atoms with Gasteiger partial charge in [-0.3, -0.25) is 14.6 Å². The molecule has 132 valence electrons. The zero-order valence-corrected chi connectivity index (χ0v) is 14.0. The lowest BCUT2D eigenvalue weighted by molar-refractivity contribution is -0.120. The third kappa shape index (κ3) is 2.81. The van der Waals surface area contributed by atoms with E-state index in [9.17, 15) is 14.4 Å². The van der Waals surface area contributed by atoms with Crippen LogP contribution in [0.15, 0.2) is 54.9 Å². The number of hydrogen-bond acceptors (Lipinski definition) is 4. The predicted molar refractivity (Wildman–Crippen MR) is 94.5 cm³/mol. The molecule has 2 atom stereocenters. The van der Waals surface area contributed by atoms with Crippen molar-refractivity contribution in [3.63, 3.8) is 0 Å². The second-order valence-electron chi connectivity index (χ2n) is 6.44. The van der Waals surface area contributed by atoms with Gasteiger partial charge >= 0.3 is 6.03 Å². The van der Waals surface area contributed by atoms with Gasteiger partial charge in [0.05, 0.1) is 11.3 Å². The average Bonchev–Trinajstić information content (AvgIpc) is 2.93. The summed E-state index contributed by atoms with van der Waals surface area (Å²) in [6.07, 6.45) is 4.14. The number of pyridine rings is 1. The van der Waals surface area contributed by atoms with Crippen molar-refractivity contribution in [2.45, 2.75) is 24.9 Å². The zero-order chi connectivity index (χ0) is 18.1. The molecule has 0 spiro atoms. The summed E-state index contributed by atoms with van der Waals surface area (Å²) in [5.74, 6) is -0.449. The molecule has 0 radical (unpaired) electrons. The van der Waals surface area contributed by atoms with Crippen LogP contribution in [-0.4, -0.2) is 46.4 Å². The Bertz CT molecular complexity index is 840. The molecule has 2 unspecified atom stereocenters. The number of fused-ring (bicyclic) bond motifs is 1. The van der Waals surface area contributed by atoms with Gasteiger partial charge in [0, 0.05) is 25.0 Å². The molecule has 0 saturated carbocycles. The van der Waals surface area contributed by atoms with E-state index in [0.717, 1.165) is 0 Å². The number of hydrogen-bond donors (Lipinski definition) is 1. The highest BCUT2D eigenvalue weighted by Gasteiger charge is 2.48. The standard InChI is InChI=1S/C19H18N4O3/c24-17(13-5-4-9-20-12-13)21-14-8-10-22-16(11-14)18(25)23(19(22)26)15-6-2-1-3-7-15/h1-7,9,12,14,16H,8,10-11H2,(H,21,24). The lowest BCUT2D eigenvalue weighted by Gasteiger charge is -2.32. The molecule has 1 N–H and O–H groups in total. The van der Waals surface area contributed by atoms with Crippen LogP contribution in [0.25, 0.3) is 0 Å². The molecule has 7 nitrogen and oxygen atoms in total. The number of amides is 4. The topological polar surface area (TPSA) is 82.6 Å². The van der Waals surface area contributed by atoms with Gasteiger partial charge < -0.3 is 10.2 Å². The first-order chi connectivity index (χ1) is 12.6. The number of anilines is 1. The van der Waals surface area contributed by atoms with E-state index in [1.807, 2.05) is 6.07 Å². The van der Waals surface area contributed by atoms with E-state index >= 15 is 0 Å². The highest BCUT2D eigenvalue weighted by molar-refractivity contribution is 6.21. The molecule has 2 saturated heterocycles. The van der Waals surface area contributed by atoms with Gasteiger partial charge in [-0.2, -0.15) is 0 Å². The molecule has 4 rings (SSSR count). The van der Waals surface area contributed by atoms with Crippen molar-refractivity contribution in [1.82, 2.24) is 15.2 Å². The quantitative estimate of drug-likeness (QED) is 0.856. The van der Waals surface area contributed by atoms with Crippen LogP contribution in [-0.2, 0) is 4.79 Å². The first kappa shape index (κ1) is 16.3. The predicted octanol–water partition coefficient (Wildman–Crippen LogP) is 1.81. The average molecular weight is 350 g/mol. The number of carbonyl (C=O) groups excluding carboxylic acids is 3. The van der Waals surface area contributed by atoms with Crippen LogP contribution in [0.1, 0.15) is 23.2 Å². The molecular weight excluding hydrogens is 332 g/mol. The lowest BCUT2D eigenvalue weighted by Crippen LogP contribution is -2.49. The van der Waals surface area contributed by atoms with E-state index in [-0.39, 0.29) is 23.9 Å². The Morgan fingerprint density at radius 3 is 2.65 bits per heavy atom. The second kappa shape index (κ2) is 6.59. The van der Waals surface area contributed by atoms with Crippen molar-refractivity contribution >= 4 is 23.5 Å². The summed E-state index contributed by atoms with van der Waals surface area (Å²) in [4.78, 5) is 44.5. The number of nitrogens with zero attached hydrogens (tertiary/aromatic N) is 3. The van der Waals surface area contributed by atoms with E-state index < -0.39 is 6.04 Å². The van der Waals surface area contributed by atoms with Crippen molar-refractivity contribution in [2.75, 3.05) is 11.4 Å². The Labute approximate surface area is 150 Å². The number of rotatable bonds is 3. The maximum atomic E-state index is 12.8. The summed E-state index contributed by atoms with van der Waals surface area (Å²) in [5.41, 5.74) is 1.06. The fraction of sp³-hybridized carbons (Fsp3) is 0.263. The summed E-state index contributed by atoms with van der Waals surface area (Å²) < 4.78 is 0. The monoisotopic (exact) mass is 350 g/mol. The molecule has 2 aliphatic heterocycles. The van der Waals surface area contributed by atoms with E-state index in [1.54, 1.807) is 47.5 Å². The summed E-state index contributed by atoms with van der Waals surface area (Å²) in [6, 6.07) is 11.3. The number of benzene rings is 1. The number of aromatic nitrogens is 1. The first-order valence-corrected chi connectivity index (χ1v) is 8.55. The molecule has 3 heterocycles. The van der Waals surface area contributed by atoms with Gasteiger partial charge in [-0.1, -0.05) is 18.2 Å².